The van der Waals surface area contributed by atoms with Crippen molar-refractivity contribution in [3.63, 3.8) is 0 Å². The van der Waals surface area contributed by atoms with Gasteiger partial charge in [-0.1, -0.05) is 48.0 Å². The quantitative estimate of drug-likeness (QED) is 0.604. The molecule has 0 aliphatic heterocycles. The lowest BCUT2D eigenvalue weighted by Crippen LogP contribution is -2.34. The predicted molar refractivity (Wildman–Crippen MR) is 110 cm³/mol. The van der Waals surface area contributed by atoms with E-state index in [-0.39, 0.29) is 12.5 Å². The second-order valence-corrected chi connectivity index (χ2v) is 6.58. The molecule has 3 aromatic rings. The maximum Gasteiger partial charge on any atom is 0.339 e. The number of amides is 1. The van der Waals surface area contributed by atoms with Gasteiger partial charge in [-0.05, 0) is 32.9 Å². The Labute approximate surface area is 165 Å². The number of aromatic nitrogens is 1. The van der Waals surface area contributed by atoms with Crippen LogP contribution in [0, 0.1) is 6.92 Å². The molecule has 1 heterocycles. The fourth-order valence-corrected chi connectivity index (χ4v) is 3.09. The van der Waals surface area contributed by atoms with E-state index in [1.807, 2.05) is 69.3 Å². The largest absolute Gasteiger partial charge is 0.452 e. The Balaban J connectivity index is 1.94. The van der Waals surface area contributed by atoms with Gasteiger partial charge in [0.05, 0.1) is 16.8 Å². The third-order valence-electron chi connectivity index (χ3n) is 4.73. The average Bonchev–Trinajstić information content (AvgIpc) is 2.72. The lowest BCUT2D eigenvalue weighted by molar-refractivity contribution is -0.134. The first-order chi connectivity index (χ1) is 13.5. The van der Waals surface area contributed by atoms with Crippen LogP contribution >= 0.6 is 0 Å². The van der Waals surface area contributed by atoms with Crippen molar-refractivity contribution in [2.75, 3.05) is 19.7 Å². The highest BCUT2D eigenvalue weighted by molar-refractivity contribution is 6.05. The van der Waals surface area contributed by atoms with Crippen LogP contribution in [0.15, 0.2) is 54.6 Å². The highest BCUT2D eigenvalue weighted by Crippen LogP contribution is 2.25. The fraction of sp³-hybridized carbons (Fsp3) is 0.261. The number of nitrogens with zero attached hydrogens (tertiary/aromatic N) is 2. The first-order valence-electron chi connectivity index (χ1n) is 9.45. The minimum Gasteiger partial charge on any atom is -0.452 e. The smallest absolute Gasteiger partial charge is 0.339 e. The zero-order chi connectivity index (χ0) is 20.1. The number of aryl methyl sites for hydroxylation is 1. The van der Waals surface area contributed by atoms with E-state index in [1.54, 1.807) is 11.0 Å². The molecule has 0 unspecified atom stereocenters. The number of fused-ring (bicyclic) bond motifs is 1. The summed E-state index contributed by atoms with van der Waals surface area (Å²) in [4.78, 5) is 31.3. The summed E-state index contributed by atoms with van der Waals surface area (Å²) in [5.41, 5.74) is 3.89. The number of rotatable bonds is 6. The Hall–Kier alpha value is -3.21. The topological polar surface area (TPSA) is 59.5 Å². The molecule has 0 saturated heterocycles. The average molecular weight is 376 g/mol. The maximum atomic E-state index is 12.8. The molecule has 0 spiro atoms. The van der Waals surface area contributed by atoms with Gasteiger partial charge < -0.3 is 9.64 Å². The summed E-state index contributed by atoms with van der Waals surface area (Å²) in [5.74, 6) is -0.720. The van der Waals surface area contributed by atoms with Crippen LogP contribution < -0.4 is 0 Å². The van der Waals surface area contributed by atoms with Crippen LogP contribution in [0.4, 0.5) is 0 Å². The monoisotopic (exact) mass is 376 g/mol. The number of carbonyl (C=O) groups is 2. The molecular formula is C23H24N2O3. The number of benzene rings is 2. The summed E-state index contributed by atoms with van der Waals surface area (Å²) in [6.07, 6.45) is 0. The first-order valence-corrected chi connectivity index (χ1v) is 9.45. The van der Waals surface area contributed by atoms with Crippen molar-refractivity contribution in [3.8, 4) is 11.3 Å². The van der Waals surface area contributed by atoms with Crippen molar-refractivity contribution < 1.29 is 14.3 Å². The van der Waals surface area contributed by atoms with Crippen LogP contribution in [0.1, 0.15) is 29.8 Å². The van der Waals surface area contributed by atoms with Gasteiger partial charge in [-0.3, -0.25) is 4.79 Å². The molecule has 5 nitrogen and oxygen atoms in total. The van der Waals surface area contributed by atoms with Gasteiger partial charge in [0.1, 0.15) is 0 Å². The van der Waals surface area contributed by atoms with Crippen LogP contribution in [0.5, 0.6) is 0 Å². The Morgan fingerprint density at radius 1 is 1.00 bits per heavy atom. The van der Waals surface area contributed by atoms with E-state index in [4.69, 9.17) is 4.74 Å². The number of esters is 1. The van der Waals surface area contributed by atoms with E-state index in [2.05, 4.69) is 4.98 Å². The molecule has 144 valence electrons. The summed E-state index contributed by atoms with van der Waals surface area (Å²) < 4.78 is 5.33. The summed E-state index contributed by atoms with van der Waals surface area (Å²) in [7, 11) is 0. The molecule has 1 amide bonds. The van der Waals surface area contributed by atoms with Crippen LogP contribution in [-0.4, -0.2) is 41.5 Å². The number of likely N-dealkylation sites (N-methyl/N-ethyl adjacent to an activating group) is 1. The number of pyridine rings is 1. The van der Waals surface area contributed by atoms with Gasteiger partial charge >= 0.3 is 5.97 Å². The number of ether oxygens (including phenoxy) is 1. The molecule has 1 aromatic heterocycles. The molecule has 0 fully saturated rings. The van der Waals surface area contributed by atoms with Crippen LogP contribution in [0.2, 0.25) is 0 Å². The van der Waals surface area contributed by atoms with Crippen molar-refractivity contribution in [3.05, 3.63) is 65.7 Å². The molecule has 3 rings (SSSR count). The Bertz CT molecular complexity index is 992. The molecule has 0 bridgehead atoms. The second kappa shape index (κ2) is 8.65. The lowest BCUT2D eigenvalue weighted by atomic mass is 10.0. The van der Waals surface area contributed by atoms with Gasteiger partial charge in [0.25, 0.3) is 5.91 Å². The predicted octanol–water partition coefficient (Wildman–Crippen LogP) is 4.24. The Morgan fingerprint density at radius 3 is 2.36 bits per heavy atom. The van der Waals surface area contributed by atoms with Gasteiger partial charge in [-0.25, -0.2) is 9.78 Å². The molecule has 0 saturated carbocycles. The third kappa shape index (κ3) is 4.19. The lowest BCUT2D eigenvalue weighted by Gasteiger charge is -2.18. The number of hydrogen-bond acceptors (Lipinski definition) is 4. The highest BCUT2D eigenvalue weighted by Gasteiger charge is 2.18. The maximum absolute atomic E-state index is 12.8. The normalized spacial score (nSPS) is 10.7. The summed E-state index contributed by atoms with van der Waals surface area (Å²) in [6.45, 7) is 6.72. The molecule has 0 aliphatic carbocycles. The summed E-state index contributed by atoms with van der Waals surface area (Å²) in [6, 6.07) is 17.1. The number of carbonyl (C=O) groups excluding carboxylic acids is 2. The van der Waals surface area contributed by atoms with Crippen LogP contribution in [0.25, 0.3) is 22.2 Å². The zero-order valence-corrected chi connectivity index (χ0v) is 16.4. The summed E-state index contributed by atoms with van der Waals surface area (Å²) >= 11 is 0. The van der Waals surface area contributed by atoms with Crippen LogP contribution in [0.3, 0.4) is 0 Å². The number of para-hydroxylation sites is 1. The van der Waals surface area contributed by atoms with Crippen molar-refractivity contribution in [2.45, 2.75) is 20.8 Å². The first kappa shape index (κ1) is 19.5. The SMILES string of the molecule is CCN(CC)C(=O)COC(=O)c1cc(-c2ccc(C)cc2)nc2ccccc12. The van der Waals surface area contributed by atoms with E-state index < -0.39 is 5.97 Å². The molecule has 0 atom stereocenters. The van der Waals surface area contributed by atoms with E-state index in [1.165, 1.54) is 0 Å². The van der Waals surface area contributed by atoms with E-state index in [0.717, 1.165) is 11.1 Å². The zero-order valence-electron chi connectivity index (χ0n) is 16.4. The minimum absolute atomic E-state index is 0.199. The van der Waals surface area contributed by atoms with E-state index in [0.29, 0.717) is 35.2 Å². The second-order valence-electron chi connectivity index (χ2n) is 6.58. The highest BCUT2D eigenvalue weighted by atomic mass is 16.5. The van der Waals surface area contributed by atoms with Gasteiger partial charge in [0.15, 0.2) is 6.61 Å². The van der Waals surface area contributed by atoms with Gasteiger partial charge in [-0.2, -0.15) is 0 Å². The van der Waals surface area contributed by atoms with Gasteiger partial charge in [-0.15, -0.1) is 0 Å². The van der Waals surface area contributed by atoms with E-state index in [9.17, 15) is 9.59 Å². The van der Waals surface area contributed by atoms with E-state index >= 15 is 0 Å². The number of hydrogen-bond donors (Lipinski definition) is 0. The molecule has 0 N–H and O–H groups in total. The van der Waals surface area contributed by atoms with Crippen molar-refractivity contribution in [1.29, 1.82) is 0 Å². The molecule has 0 radical (unpaired) electrons. The van der Waals surface area contributed by atoms with Crippen molar-refractivity contribution in [1.82, 2.24) is 9.88 Å². The molecule has 5 heteroatoms. The van der Waals surface area contributed by atoms with Crippen molar-refractivity contribution >= 4 is 22.8 Å². The van der Waals surface area contributed by atoms with Crippen LogP contribution in [-0.2, 0) is 9.53 Å². The fourth-order valence-electron chi connectivity index (χ4n) is 3.09. The molecular weight excluding hydrogens is 352 g/mol. The third-order valence-corrected chi connectivity index (χ3v) is 4.73. The minimum atomic E-state index is -0.521. The Morgan fingerprint density at radius 2 is 1.68 bits per heavy atom. The molecule has 0 aliphatic rings. The Kier molecular flexibility index (Phi) is 6.04. The standard InChI is InChI=1S/C23H24N2O3/c1-4-25(5-2)22(26)15-28-23(27)19-14-21(17-12-10-16(3)11-13-17)24-20-9-7-6-8-18(19)20/h6-14H,4-5,15H2,1-3H3. The molecule has 2 aromatic carbocycles. The summed E-state index contributed by atoms with van der Waals surface area (Å²) in [5, 5.41) is 0.707. The molecule has 28 heavy (non-hydrogen) atoms. The van der Waals surface area contributed by atoms with Gasteiger partial charge in [0, 0.05) is 24.0 Å². The van der Waals surface area contributed by atoms with Gasteiger partial charge in [0.2, 0.25) is 0 Å². The van der Waals surface area contributed by atoms with Crippen molar-refractivity contribution in [2.24, 2.45) is 0 Å².